The lowest BCUT2D eigenvalue weighted by Crippen LogP contribution is -1.96. The summed E-state index contributed by atoms with van der Waals surface area (Å²) in [7, 11) is 0. The maximum atomic E-state index is 2.44. The molecule has 0 bridgehead atoms. The van der Waals surface area contributed by atoms with Crippen molar-refractivity contribution in [2.75, 3.05) is 0 Å². The summed E-state index contributed by atoms with van der Waals surface area (Å²) in [4.78, 5) is 0. The van der Waals surface area contributed by atoms with Gasteiger partial charge in [-0.1, -0.05) is 120 Å². The minimum atomic E-state index is 1.25. The average Bonchev–Trinajstić information content (AvgIpc) is 3.01. The van der Waals surface area contributed by atoms with Crippen LogP contribution in [0.25, 0.3) is 66.1 Å². The van der Waals surface area contributed by atoms with Gasteiger partial charge in [-0.3, -0.25) is 0 Å². The fourth-order valence-electron chi connectivity index (χ4n) is 7.13. The second-order valence-corrected chi connectivity index (χ2v) is 12.5. The third-order valence-electron chi connectivity index (χ3n) is 9.33. The third-order valence-corrected chi connectivity index (χ3v) is 9.33. The van der Waals surface area contributed by atoms with Crippen LogP contribution in [0.15, 0.2) is 121 Å². The van der Waals surface area contributed by atoms with Gasteiger partial charge in [0.1, 0.15) is 0 Å². The van der Waals surface area contributed by atoms with E-state index < -0.39 is 0 Å². The van der Waals surface area contributed by atoms with E-state index in [2.05, 4.69) is 163 Å². The van der Waals surface area contributed by atoms with Gasteiger partial charge < -0.3 is 0 Å². The van der Waals surface area contributed by atoms with E-state index in [1.807, 2.05) is 0 Å². The van der Waals surface area contributed by atoms with Crippen LogP contribution >= 0.6 is 0 Å². The highest BCUT2D eigenvalue weighted by molar-refractivity contribution is 6.23. The van der Waals surface area contributed by atoms with Crippen LogP contribution < -0.4 is 0 Å². The monoisotopic (exact) mass is 566 g/mol. The Morgan fingerprint density at radius 2 is 0.705 bits per heavy atom. The summed E-state index contributed by atoms with van der Waals surface area (Å²) < 4.78 is 0. The van der Waals surface area contributed by atoms with E-state index in [1.54, 1.807) is 0 Å². The Kier molecular flexibility index (Phi) is 6.94. The number of hydrogen-bond acceptors (Lipinski definition) is 0. The minimum Gasteiger partial charge on any atom is -0.0620 e. The molecule has 0 aliphatic rings. The van der Waals surface area contributed by atoms with Gasteiger partial charge in [0.15, 0.2) is 0 Å². The van der Waals surface area contributed by atoms with Gasteiger partial charge in [0, 0.05) is 0 Å². The standard InChI is InChI=1S/C44H38/c1-27-15-19-37(31(5)23-27)43-39-21-17-34(36-14-10-8-12-30(36)4)26-42(39)44(38-20-16-28(2)24-32(38)6)40-22-18-33(25-41(40)43)35-13-9-7-11-29(35)3/h7-26H,1-6H3. The molecule has 7 rings (SSSR count). The van der Waals surface area contributed by atoms with E-state index >= 15 is 0 Å². The van der Waals surface area contributed by atoms with E-state index in [4.69, 9.17) is 0 Å². The Bertz CT molecular complexity index is 2070. The van der Waals surface area contributed by atoms with Gasteiger partial charge >= 0.3 is 0 Å². The number of aryl methyl sites for hydroxylation is 6. The molecule has 0 aliphatic heterocycles. The fourth-order valence-corrected chi connectivity index (χ4v) is 7.13. The minimum absolute atomic E-state index is 1.25. The van der Waals surface area contributed by atoms with E-state index in [-0.39, 0.29) is 0 Å². The molecule has 0 aromatic heterocycles. The first kappa shape index (κ1) is 27.9. The van der Waals surface area contributed by atoms with Crippen LogP contribution in [0.3, 0.4) is 0 Å². The molecular formula is C44H38. The number of rotatable bonds is 4. The van der Waals surface area contributed by atoms with Crippen molar-refractivity contribution in [1.29, 1.82) is 0 Å². The van der Waals surface area contributed by atoms with Crippen LogP contribution in [0.4, 0.5) is 0 Å². The third kappa shape index (κ3) is 4.72. The molecular weight excluding hydrogens is 528 g/mol. The summed E-state index contributed by atoms with van der Waals surface area (Å²) in [6.45, 7) is 13.3. The maximum absolute atomic E-state index is 2.44. The zero-order valence-electron chi connectivity index (χ0n) is 26.5. The van der Waals surface area contributed by atoms with Crippen molar-refractivity contribution in [2.45, 2.75) is 41.5 Å². The number of hydrogen-bond donors (Lipinski definition) is 0. The molecule has 0 radical (unpaired) electrons. The molecule has 0 nitrogen and oxygen atoms in total. The lowest BCUT2D eigenvalue weighted by molar-refractivity contribution is 1.38. The number of benzene rings is 7. The molecule has 214 valence electrons. The van der Waals surface area contributed by atoms with Crippen molar-refractivity contribution >= 4 is 21.5 Å². The second-order valence-electron chi connectivity index (χ2n) is 12.5. The molecule has 7 aromatic rings. The lowest BCUT2D eigenvalue weighted by atomic mass is 9.81. The highest BCUT2D eigenvalue weighted by Gasteiger charge is 2.20. The van der Waals surface area contributed by atoms with Crippen LogP contribution in [0, 0.1) is 41.5 Å². The molecule has 0 saturated heterocycles. The van der Waals surface area contributed by atoms with Gasteiger partial charge in [0.2, 0.25) is 0 Å². The van der Waals surface area contributed by atoms with Crippen LogP contribution in [-0.4, -0.2) is 0 Å². The summed E-state index contributed by atoms with van der Waals surface area (Å²) in [5.74, 6) is 0. The molecule has 0 N–H and O–H groups in total. The smallest absolute Gasteiger partial charge is 0.00235 e. The van der Waals surface area contributed by atoms with Gasteiger partial charge in [-0.15, -0.1) is 0 Å². The van der Waals surface area contributed by atoms with Gasteiger partial charge in [0.25, 0.3) is 0 Å². The predicted octanol–water partition coefficient (Wildman–Crippen LogP) is 12.5. The SMILES string of the molecule is Cc1ccc(-c2c3ccc(-c4ccccc4C)cc3c(-c3ccc(C)cc3C)c3ccc(-c4ccccc4C)cc23)c(C)c1. The van der Waals surface area contributed by atoms with Gasteiger partial charge in [-0.25, -0.2) is 0 Å². The van der Waals surface area contributed by atoms with E-state index in [1.165, 1.54) is 99.4 Å². The van der Waals surface area contributed by atoms with Gasteiger partial charge in [0.05, 0.1) is 0 Å². The first-order valence-electron chi connectivity index (χ1n) is 15.6. The van der Waals surface area contributed by atoms with Crippen molar-refractivity contribution in [3.63, 3.8) is 0 Å². The molecule has 44 heavy (non-hydrogen) atoms. The first-order valence-corrected chi connectivity index (χ1v) is 15.6. The zero-order valence-corrected chi connectivity index (χ0v) is 26.5. The molecule has 0 heterocycles. The Morgan fingerprint density at radius 3 is 1.09 bits per heavy atom. The molecule has 0 spiro atoms. The van der Waals surface area contributed by atoms with Crippen LogP contribution in [0.2, 0.25) is 0 Å². The molecule has 0 heteroatoms. The predicted molar refractivity (Wildman–Crippen MR) is 192 cm³/mol. The lowest BCUT2D eigenvalue weighted by Gasteiger charge is -2.22. The largest absolute Gasteiger partial charge is 0.0620 e. The van der Waals surface area contributed by atoms with E-state index in [0.29, 0.717) is 0 Å². The van der Waals surface area contributed by atoms with Crippen LogP contribution in [0.1, 0.15) is 33.4 Å². The Balaban J connectivity index is 1.68. The highest BCUT2D eigenvalue weighted by atomic mass is 14.2. The Labute approximate surface area is 261 Å². The van der Waals surface area contributed by atoms with E-state index in [9.17, 15) is 0 Å². The molecule has 0 atom stereocenters. The Hall–Kier alpha value is -4.94. The van der Waals surface area contributed by atoms with Crippen molar-refractivity contribution in [3.05, 3.63) is 155 Å². The highest BCUT2D eigenvalue weighted by Crippen LogP contribution is 2.47. The second kappa shape index (κ2) is 11.0. The topological polar surface area (TPSA) is 0 Å². The zero-order chi connectivity index (χ0) is 30.5. The van der Waals surface area contributed by atoms with Crippen molar-refractivity contribution in [3.8, 4) is 44.5 Å². The number of fused-ring (bicyclic) bond motifs is 2. The van der Waals surface area contributed by atoms with Crippen molar-refractivity contribution in [2.24, 2.45) is 0 Å². The van der Waals surface area contributed by atoms with E-state index in [0.717, 1.165) is 0 Å². The summed E-state index contributed by atoms with van der Waals surface area (Å²) in [5.41, 5.74) is 18.0. The molecule has 0 unspecified atom stereocenters. The summed E-state index contributed by atoms with van der Waals surface area (Å²) in [5, 5.41) is 5.17. The maximum Gasteiger partial charge on any atom is -0.00235 e. The van der Waals surface area contributed by atoms with Gasteiger partial charge in [-0.2, -0.15) is 0 Å². The Morgan fingerprint density at radius 1 is 0.295 bits per heavy atom. The molecule has 0 aliphatic carbocycles. The summed E-state index contributed by atoms with van der Waals surface area (Å²) in [6.07, 6.45) is 0. The summed E-state index contributed by atoms with van der Waals surface area (Å²) >= 11 is 0. The normalized spacial score (nSPS) is 11.4. The van der Waals surface area contributed by atoms with Crippen LogP contribution in [-0.2, 0) is 0 Å². The van der Waals surface area contributed by atoms with Crippen LogP contribution in [0.5, 0.6) is 0 Å². The molecule has 0 amide bonds. The fraction of sp³-hybridized carbons (Fsp3) is 0.136. The van der Waals surface area contributed by atoms with Crippen molar-refractivity contribution < 1.29 is 0 Å². The molecule has 0 saturated carbocycles. The quantitative estimate of drug-likeness (QED) is 0.186. The summed E-state index contributed by atoms with van der Waals surface area (Å²) in [6, 6.07) is 45.5. The first-order chi connectivity index (χ1) is 21.3. The molecule has 7 aromatic carbocycles. The molecule has 0 fully saturated rings. The van der Waals surface area contributed by atoms with Gasteiger partial charge in [-0.05, 0) is 142 Å². The van der Waals surface area contributed by atoms with Crippen molar-refractivity contribution in [1.82, 2.24) is 0 Å². The average molecular weight is 567 g/mol.